The van der Waals surface area contributed by atoms with Crippen LogP contribution in [0.3, 0.4) is 0 Å². The molecule has 18 heavy (non-hydrogen) atoms. The van der Waals surface area contributed by atoms with Crippen LogP contribution in [0.5, 0.6) is 0 Å². The zero-order chi connectivity index (χ0) is 13.5. The summed E-state index contributed by atoms with van der Waals surface area (Å²) in [5.74, 6) is -1.45. The van der Waals surface area contributed by atoms with Crippen molar-refractivity contribution < 1.29 is 18.3 Å². The maximum atomic E-state index is 12.2. The molecule has 1 aliphatic rings. The van der Waals surface area contributed by atoms with E-state index in [4.69, 9.17) is 5.11 Å². The quantitative estimate of drug-likeness (QED) is 0.909. The molecule has 5 nitrogen and oxygen atoms in total. The lowest BCUT2D eigenvalue weighted by Crippen LogP contribution is -2.53. The maximum absolute atomic E-state index is 12.2. The number of carboxylic acids is 1. The van der Waals surface area contributed by atoms with Crippen molar-refractivity contribution >= 4 is 27.3 Å². The van der Waals surface area contributed by atoms with Gasteiger partial charge in [0, 0.05) is 18.0 Å². The van der Waals surface area contributed by atoms with Gasteiger partial charge in [-0.15, -0.1) is 11.3 Å². The molecule has 2 rings (SSSR count). The van der Waals surface area contributed by atoms with Crippen LogP contribution in [0.2, 0.25) is 0 Å². The Labute approximate surface area is 110 Å². The van der Waals surface area contributed by atoms with Crippen LogP contribution in [0.4, 0.5) is 0 Å². The summed E-state index contributed by atoms with van der Waals surface area (Å²) in [5.41, 5.74) is 0. The largest absolute Gasteiger partial charge is 0.481 e. The van der Waals surface area contributed by atoms with Crippen LogP contribution < -0.4 is 0 Å². The van der Waals surface area contributed by atoms with E-state index in [9.17, 15) is 13.2 Å². The summed E-state index contributed by atoms with van der Waals surface area (Å²) in [6, 6.07) is 3.37. The lowest BCUT2D eigenvalue weighted by atomic mass is 9.89. The summed E-state index contributed by atoms with van der Waals surface area (Å²) in [6.45, 7) is 4.07. The zero-order valence-electron chi connectivity index (χ0n) is 10.2. The standard InChI is InChI=1S/C11H15NO4S2/c1-7-3-4-10(17-7)18(15,16)12-5-9(6-12)8(2)11(13)14/h3-4,8-9H,5-6H2,1-2H3,(H,13,14). The van der Waals surface area contributed by atoms with Gasteiger partial charge in [0.2, 0.25) is 0 Å². The predicted molar refractivity (Wildman–Crippen MR) is 68.1 cm³/mol. The van der Waals surface area contributed by atoms with Gasteiger partial charge in [0.15, 0.2) is 0 Å². The maximum Gasteiger partial charge on any atom is 0.306 e. The van der Waals surface area contributed by atoms with Gasteiger partial charge in [-0.3, -0.25) is 4.79 Å². The van der Waals surface area contributed by atoms with Crippen LogP contribution in [0.1, 0.15) is 11.8 Å². The minimum Gasteiger partial charge on any atom is -0.481 e. The van der Waals surface area contributed by atoms with Crippen molar-refractivity contribution in [2.24, 2.45) is 11.8 Å². The van der Waals surface area contributed by atoms with Crippen molar-refractivity contribution in [1.82, 2.24) is 4.31 Å². The number of aryl methyl sites for hydroxylation is 1. The van der Waals surface area contributed by atoms with Gasteiger partial charge in [0.05, 0.1) is 5.92 Å². The summed E-state index contributed by atoms with van der Waals surface area (Å²) >= 11 is 1.24. The molecule has 1 saturated heterocycles. The number of carboxylic acid groups (broad SMARTS) is 1. The van der Waals surface area contributed by atoms with Crippen LogP contribution in [-0.2, 0) is 14.8 Å². The first-order valence-electron chi connectivity index (χ1n) is 5.62. The SMILES string of the molecule is Cc1ccc(S(=O)(=O)N2CC(C(C)C(=O)O)C2)s1. The van der Waals surface area contributed by atoms with Gasteiger partial charge in [-0.1, -0.05) is 6.92 Å². The summed E-state index contributed by atoms with van der Waals surface area (Å²) in [4.78, 5) is 11.7. The summed E-state index contributed by atoms with van der Waals surface area (Å²) in [5, 5.41) is 8.86. The molecule has 2 heterocycles. The molecule has 0 amide bonds. The van der Waals surface area contributed by atoms with Gasteiger partial charge in [-0.2, -0.15) is 4.31 Å². The van der Waals surface area contributed by atoms with Crippen molar-refractivity contribution in [2.75, 3.05) is 13.1 Å². The third kappa shape index (κ3) is 2.30. The van der Waals surface area contributed by atoms with Crippen LogP contribution in [-0.4, -0.2) is 36.9 Å². The number of rotatable bonds is 4. The second-order valence-electron chi connectivity index (χ2n) is 4.57. The minimum absolute atomic E-state index is 0.0849. The number of nitrogens with zero attached hydrogens (tertiary/aromatic N) is 1. The van der Waals surface area contributed by atoms with Gasteiger partial charge in [-0.25, -0.2) is 8.42 Å². The van der Waals surface area contributed by atoms with E-state index in [-0.39, 0.29) is 5.92 Å². The van der Waals surface area contributed by atoms with E-state index < -0.39 is 21.9 Å². The second-order valence-corrected chi connectivity index (χ2v) is 8.03. The Kier molecular flexibility index (Phi) is 3.48. The molecule has 0 aromatic carbocycles. The summed E-state index contributed by atoms with van der Waals surface area (Å²) < 4.78 is 26.0. The molecule has 1 aliphatic heterocycles. The molecule has 1 fully saturated rings. The highest BCUT2D eigenvalue weighted by Gasteiger charge is 2.41. The zero-order valence-corrected chi connectivity index (χ0v) is 11.8. The van der Waals surface area contributed by atoms with Crippen LogP contribution in [0.25, 0.3) is 0 Å². The molecule has 100 valence electrons. The lowest BCUT2D eigenvalue weighted by Gasteiger charge is -2.39. The number of thiophene rings is 1. The fourth-order valence-corrected chi connectivity index (χ4v) is 4.85. The molecule has 0 saturated carbocycles. The van der Waals surface area contributed by atoms with Crippen molar-refractivity contribution in [3.63, 3.8) is 0 Å². The highest BCUT2D eigenvalue weighted by atomic mass is 32.2. The highest BCUT2D eigenvalue weighted by Crippen LogP contribution is 2.32. The van der Waals surface area contributed by atoms with E-state index in [1.165, 1.54) is 15.6 Å². The summed E-state index contributed by atoms with van der Waals surface area (Å²) in [6.07, 6.45) is 0. The van der Waals surface area contributed by atoms with Crippen LogP contribution >= 0.6 is 11.3 Å². The molecule has 0 spiro atoms. The number of aliphatic carboxylic acids is 1. The fourth-order valence-electron chi connectivity index (χ4n) is 1.86. The Bertz CT molecular complexity index is 557. The lowest BCUT2D eigenvalue weighted by molar-refractivity contribution is -0.144. The van der Waals surface area contributed by atoms with E-state index in [0.717, 1.165) is 4.88 Å². The van der Waals surface area contributed by atoms with E-state index in [0.29, 0.717) is 17.3 Å². The predicted octanol–water partition coefficient (Wildman–Crippen LogP) is 1.40. The number of sulfonamides is 1. The van der Waals surface area contributed by atoms with Crippen molar-refractivity contribution in [2.45, 2.75) is 18.1 Å². The van der Waals surface area contributed by atoms with Gasteiger partial charge in [0.1, 0.15) is 4.21 Å². The first-order chi connectivity index (χ1) is 8.32. The molecule has 7 heteroatoms. The van der Waals surface area contributed by atoms with Gasteiger partial charge < -0.3 is 5.11 Å². The van der Waals surface area contributed by atoms with Crippen LogP contribution in [0.15, 0.2) is 16.3 Å². The fraction of sp³-hybridized carbons (Fsp3) is 0.545. The number of carbonyl (C=O) groups is 1. The second kappa shape index (κ2) is 4.64. The Morgan fingerprint density at radius 3 is 2.56 bits per heavy atom. The van der Waals surface area contributed by atoms with Gasteiger partial charge in [-0.05, 0) is 25.0 Å². The minimum atomic E-state index is -3.41. The van der Waals surface area contributed by atoms with E-state index in [1.807, 2.05) is 6.92 Å². The van der Waals surface area contributed by atoms with Crippen molar-refractivity contribution in [3.05, 3.63) is 17.0 Å². The van der Waals surface area contributed by atoms with E-state index in [2.05, 4.69) is 0 Å². The third-order valence-electron chi connectivity index (χ3n) is 3.28. The Morgan fingerprint density at radius 1 is 1.50 bits per heavy atom. The first-order valence-corrected chi connectivity index (χ1v) is 7.87. The molecule has 1 unspecified atom stereocenters. The molecular weight excluding hydrogens is 274 g/mol. The molecule has 0 bridgehead atoms. The Hall–Kier alpha value is -0.920. The monoisotopic (exact) mass is 289 g/mol. The van der Waals surface area contributed by atoms with Gasteiger partial charge >= 0.3 is 5.97 Å². The molecule has 1 aromatic rings. The molecule has 1 aromatic heterocycles. The average molecular weight is 289 g/mol. The van der Waals surface area contributed by atoms with Crippen molar-refractivity contribution in [3.8, 4) is 0 Å². The third-order valence-corrected chi connectivity index (χ3v) is 6.58. The highest BCUT2D eigenvalue weighted by molar-refractivity contribution is 7.91. The average Bonchev–Trinajstić information content (AvgIpc) is 2.62. The first kappa shape index (κ1) is 13.5. The topological polar surface area (TPSA) is 74.7 Å². The van der Waals surface area contributed by atoms with E-state index >= 15 is 0 Å². The molecule has 1 N–H and O–H groups in total. The van der Waals surface area contributed by atoms with Gasteiger partial charge in [0.25, 0.3) is 10.0 Å². The Balaban J connectivity index is 2.06. The molecule has 0 aliphatic carbocycles. The normalized spacial score (nSPS) is 19.4. The summed E-state index contributed by atoms with van der Waals surface area (Å²) in [7, 11) is -3.41. The van der Waals surface area contributed by atoms with E-state index in [1.54, 1.807) is 19.1 Å². The number of hydrogen-bond donors (Lipinski definition) is 1. The molecule has 0 radical (unpaired) electrons. The smallest absolute Gasteiger partial charge is 0.306 e. The van der Waals surface area contributed by atoms with Crippen LogP contribution in [0, 0.1) is 18.8 Å². The number of hydrogen-bond acceptors (Lipinski definition) is 4. The Morgan fingerprint density at radius 2 is 2.11 bits per heavy atom. The molecular formula is C11H15NO4S2. The van der Waals surface area contributed by atoms with Crippen molar-refractivity contribution in [1.29, 1.82) is 0 Å². The molecule has 1 atom stereocenters.